The van der Waals surface area contributed by atoms with Crippen LogP contribution in [0.4, 0.5) is 5.69 Å². The predicted molar refractivity (Wildman–Crippen MR) is 69.3 cm³/mol. The molecule has 1 atom stereocenters. The first-order chi connectivity index (χ1) is 8.09. The van der Waals surface area contributed by atoms with Gasteiger partial charge in [-0.05, 0) is 25.1 Å². The maximum absolute atomic E-state index is 11.9. The first kappa shape index (κ1) is 11.9. The summed E-state index contributed by atoms with van der Waals surface area (Å²) in [5.74, 6) is 0.0478. The molecule has 1 heterocycles. The van der Waals surface area contributed by atoms with Crippen LogP contribution in [0.3, 0.4) is 0 Å². The van der Waals surface area contributed by atoms with E-state index in [1.807, 2.05) is 18.2 Å². The van der Waals surface area contributed by atoms with Gasteiger partial charge in [0.15, 0.2) is 0 Å². The molecule has 1 saturated heterocycles. The van der Waals surface area contributed by atoms with Crippen LogP contribution < -0.4 is 10.2 Å². The largest absolute Gasteiger partial charge is 0.355 e. The summed E-state index contributed by atoms with van der Waals surface area (Å²) in [4.78, 5) is 15.8. The lowest BCUT2D eigenvalue weighted by molar-refractivity contribution is 0.0827. The fourth-order valence-corrected chi connectivity index (χ4v) is 2.08. The molecular formula is C13H19N3O. The Kier molecular flexibility index (Phi) is 3.33. The zero-order chi connectivity index (χ0) is 12.4. The van der Waals surface area contributed by atoms with Gasteiger partial charge in [-0.2, -0.15) is 0 Å². The minimum Gasteiger partial charge on any atom is -0.355 e. The highest BCUT2D eigenvalue weighted by atomic mass is 16.2. The van der Waals surface area contributed by atoms with Crippen molar-refractivity contribution in [1.29, 1.82) is 0 Å². The lowest BCUT2D eigenvalue weighted by atomic mass is 10.1. The summed E-state index contributed by atoms with van der Waals surface area (Å²) in [6, 6.07) is 8.29. The highest BCUT2D eigenvalue weighted by Gasteiger charge is 2.20. The van der Waals surface area contributed by atoms with Crippen molar-refractivity contribution in [2.24, 2.45) is 0 Å². The van der Waals surface area contributed by atoms with Crippen molar-refractivity contribution in [2.45, 2.75) is 13.0 Å². The van der Waals surface area contributed by atoms with Gasteiger partial charge < -0.3 is 9.80 Å². The highest BCUT2D eigenvalue weighted by Crippen LogP contribution is 2.20. The molecule has 4 heteroatoms. The van der Waals surface area contributed by atoms with Gasteiger partial charge in [0.1, 0.15) is 0 Å². The van der Waals surface area contributed by atoms with Crippen molar-refractivity contribution >= 4 is 11.6 Å². The second-order valence-corrected chi connectivity index (χ2v) is 4.68. The Bertz CT molecular complexity index is 417. The van der Waals surface area contributed by atoms with Crippen LogP contribution in [0.15, 0.2) is 24.3 Å². The highest BCUT2D eigenvalue weighted by molar-refractivity contribution is 5.94. The van der Waals surface area contributed by atoms with E-state index in [4.69, 9.17) is 0 Å². The van der Waals surface area contributed by atoms with Crippen molar-refractivity contribution < 1.29 is 4.79 Å². The number of carbonyl (C=O) groups is 1. The van der Waals surface area contributed by atoms with E-state index in [-0.39, 0.29) is 5.91 Å². The van der Waals surface area contributed by atoms with Gasteiger partial charge in [-0.25, -0.2) is 0 Å². The first-order valence-electron chi connectivity index (χ1n) is 5.88. The Morgan fingerprint density at radius 2 is 2.24 bits per heavy atom. The van der Waals surface area contributed by atoms with Gasteiger partial charge in [0.2, 0.25) is 0 Å². The molecule has 2 rings (SSSR count). The van der Waals surface area contributed by atoms with Crippen molar-refractivity contribution in [2.75, 3.05) is 32.2 Å². The molecule has 4 nitrogen and oxygen atoms in total. The zero-order valence-electron chi connectivity index (χ0n) is 10.6. The van der Waals surface area contributed by atoms with E-state index < -0.39 is 0 Å². The van der Waals surface area contributed by atoms with E-state index in [1.165, 1.54) is 0 Å². The normalized spacial score (nSPS) is 19.5. The minimum absolute atomic E-state index is 0.0478. The number of nitrogens with zero attached hydrogens (tertiary/aromatic N) is 2. The fourth-order valence-electron chi connectivity index (χ4n) is 2.08. The third-order valence-electron chi connectivity index (χ3n) is 3.08. The van der Waals surface area contributed by atoms with Gasteiger partial charge >= 0.3 is 0 Å². The molecule has 1 aliphatic rings. The lowest BCUT2D eigenvalue weighted by Crippen LogP contribution is -2.28. The van der Waals surface area contributed by atoms with Crippen LogP contribution in [0.25, 0.3) is 0 Å². The standard InChI is InChI=1S/C13H19N3O/c1-10-8-14-9-16(10)12-6-4-5-11(7-12)13(17)15(2)3/h4-7,10,14H,8-9H2,1-3H3/t10-/m1/s1. The number of carbonyl (C=O) groups excluding carboxylic acids is 1. The van der Waals surface area contributed by atoms with Crippen molar-refractivity contribution in [3.63, 3.8) is 0 Å². The van der Waals surface area contributed by atoms with E-state index >= 15 is 0 Å². The number of anilines is 1. The Labute approximate surface area is 102 Å². The molecular weight excluding hydrogens is 214 g/mol. The van der Waals surface area contributed by atoms with Crippen LogP contribution in [0.2, 0.25) is 0 Å². The maximum atomic E-state index is 11.9. The van der Waals surface area contributed by atoms with Gasteiger partial charge in [0, 0.05) is 37.9 Å². The SMILES string of the molecule is C[C@@H]1CNCN1c1cccc(C(=O)N(C)C)c1. The molecule has 1 aromatic carbocycles. The topological polar surface area (TPSA) is 35.6 Å². The quantitative estimate of drug-likeness (QED) is 0.832. The van der Waals surface area contributed by atoms with Crippen molar-refractivity contribution in [1.82, 2.24) is 10.2 Å². The number of benzene rings is 1. The first-order valence-corrected chi connectivity index (χ1v) is 5.88. The monoisotopic (exact) mass is 233 g/mol. The maximum Gasteiger partial charge on any atom is 0.253 e. The molecule has 1 fully saturated rings. The second-order valence-electron chi connectivity index (χ2n) is 4.68. The molecule has 0 aliphatic carbocycles. The van der Waals surface area contributed by atoms with Crippen molar-refractivity contribution in [3.05, 3.63) is 29.8 Å². The Hall–Kier alpha value is -1.55. The van der Waals surface area contributed by atoms with Crippen LogP contribution in [-0.2, 0) is 0 Å². The molecule has 0 bridgehead atoms. The number of hydrogen-bond acceptors (Lipinski definition) is 3. The summed E-state index contributed by atoms with van der Waals surface area (Å²) < 4.78 is 0. The second kappa shape index (κ2) is 4.75. The molecule has 0 unspecified atom stereocenters. The molecule has 1 amide bonds. The summed E-state index contributed by atoms with van der Waals surface area (Å²) in [6.07, 6.45) is 0. The Balaban J connectivity index is 2.25. The number of hydrogen-bond donors (Lipinski definition) is 1. The Morgan fingerprint density at radius 3 is 2.82 bits per heavy atom. The van der Waals surface area contributed by atoms with E-state index in [0.29, 0.717) is 6.04 Å². The van der Waals surface area contributed by atoms with Crippen LogP contribution in [0, 0.1) is 0 Å². The Morgan fingerprint density at radius 1 is 1.47 bits per heavy atom. The average Bonchev–Trinajstić information content (AvgIpc) is 2.74. The van der Waals surface area contributed by atoms with Gasteiger partial charge in [-0.15, -0.1) is 0 Å². The smallest absolute Gasteiger partial charge is 0.253 e. The number of amides is 1. The third-order valence-corrected chi connectivity index (χ3v) is 3.08. The summed E-state index contributed by atoms with van der Waals surface area (Å²) >= 11 is 0. The molecule has 92 valence electrons. The van der Waals surface area contributed by atoms with E-state index in [1.54, 1.807) is 19.0 Å². The summed E-state index contributed by atoms with van der Waals surface area (Å²) in [5, 5.41) is 3.32. The minimum atomic E-state index is 0.0478. The van der Waals surface area contributed by atoms with Crippen LogP contribution in [-0.4, -0.2) is 44.2 Å². The number of rotatable bonds is 2. The van der Waals surface area contributed by atoms with Gasteiger partial charge in [0.05, 0.1) is 6.67 Å². The molecule has 0 radical (unpaired) electrons. The van der Waals surface area contributed by atoms with Crippen LogP contribution in [0.1, 0.15) is 17.3 Å². The van der Waals surface area contributed by atoms with Crippen LogP contribution >= 0.6 is 0 Å². The van der Waals surface area contributed by atoms with Gasteiger partial charge in [0.25, 0.3) is 5.91 Å². The third kappa shape index (κ3) is 2.42. The molecule has 1 aliphatic heterocycles. The number of nitrogens with one attached hydrogen (secondary N) is 1. The summed E-state index contributed by atoms with van der Waals surface area (Å²) in [5.41, 5.74) is 1.85. The van der Waals surface area contributed by atoms with E-state index in [2.05, 4.69) is 23.2 Å². The summed E-state index contributed by atoms with van der Waals surface area (Å²) in [7, 11) is 3.55. The molecule has 0 spiro atoms. The average molecular weight is 233 g/mol. The molecule has 17 heavy (non-hydrogen) atoms. The fraction of sp³-hybridized carbons (Fsp3) is 0.462. The molecule has 1 N–H and O–H groups in total. The van der Waals surface area contributed by atoms with Gasteiger partial charge in [-0.3, -0.25) is 10.1 Å². The lowest BCUT2D eigenvalue weighted by Gasteiger charge is -2.23. The van der Waals surface area contributed by atoms with Crippen LogP contribution in [0.5, 0.6) is 0 Å². The van der Waals surface area contributed by atoms with E-state index in [0.717, 1.165) is 24.5 Å². The predicted octanol–water partition coefficient (Wildman–Crippen LogP) is 1.14. The molecule has 0 saturated carbocycles. The van der Waals surface area contributed by atoms with Gasteiger partial charge in [-0.1, -0.05) is 6.07 Å². The summed E-state index contributed by atoms with van der Waals surface area (Å²) in [6.45, 7) is 4.02. The van der Waals surface area contributed by atoms with Crippen molar-refractivity contribution in [3.8, 4) is 0 Å². The zero-order valence-corrected chi connectivity index (χ0v) is 10.6. The molecule has 0 aromatic heterocycles. The van der Waals surface area contributed by atoms with E-state index in [9.17, 15) is 4.79 Å². The molecule has 1 aromatic rings.